The van der Waals surface area contributed by atoms with Gasteiger partial charge in [0.25, 0.3) is 0 Å². The van der Waals surface area contributed by atoms with E-state index >= 15 is 0 Å². The van der Waals surface area contributed by atoms with E-state index in [1.54, 1.807) is 0 Å². The standard InChI is InChI=1S/C14H16BrFO3S/c1-14(2,3)5-4-12(17)20-11-6-8(13(18)19)10(16)7-9(11)15/h6-7H,4-5H2,1-3H3,(H,18,19). The van der Waals surface area contributed by atoms with Crippen molar-refractivity contribution in [1.82, 2.24) is 0 Å². The lowest BCUT2D eigenvalue weighted by Gasteiger charge is -2.16. The minimum absolute atomic E-state index is 0.0580. The molecule has 0 spiro atoms. The molecule has 0 fully saturated rings. The van der Waals surface area contributed by atoms with Crippen molar-refractivity contribution in [3.63, 3.8) is 0 Å². The smallest absolute Gasteiger partial charge is 0.338 e. The van der Waals surface area contributed by atoms with Crippen LogP contribution in [0.5, 0.6) is 0 Å². The van der Waals surface area contributed by atoms with Gasteiger partial charge in [-0.3, -0.25) is 4.79 Å². The molecular weight excluding hydrogens is 347 g/mol. The average Bonchev–Trinajstić information content (AvgIpc) is 2.28. The van der Waals surface area contributed by atoms with Crippen molar-refractivity contribution in [2.75, 3.05) is 0 Å². The fourth-order valence-corrected chi connectivity index (χ4v) is 2.76. The Kier molecular flexibility index (Phi) is 5.77. The molecule has 0 atom stereocenters. The predicted octanol–water partition coefficient (Wildman–Crippen LogP) is 4.73. The Labute approximate surface area is 130 Å². The Bertz CT molecular complexity index is 538. The third-order valence-corrected chi connectivity index (χ3v) is 4.46. The number of rotatable bonds is 4. The first-order chi connectivity index (χ1) is 9.10. The van der Waals surface area contributed by atoms with Crippen LogP contribution in [0.1, 0.15) is 44.0 Å². The number of benzene rings is 1. The normalized spacial score (nSPS) is 11.4. The van der Waals surface area contributed by atoms with E-state index in [0.717, 1.165) is 24.2 Å². The van der Waals surface area contributed by atoms with E-state index in [1.165, 1.54) is 6.07 Å². The van der Waals surface area contributed by atoms with Crippen LogP contribution in [0.4, 0.5) is 4.39 Å². The second kappa shape index (κ2) is 6.72. The van der Waals surface area contributed by atoms with Crippen LogP contribution in [0.25, 0.3) is 0 Å². The molecule has 110 valence electrons. The summed E-state index contributed by atoms with van der Waals surface area (Å²) in [7, 11) is 0. The molecule has 0 unspecified atom stereocenters. The molecule has 6 heteroatoms. The van der Waals surface area contributed by atoms with Gasteiger partial charge in [-0.05, 0) is 39.9 Å². The zero-order chi connectivity index (χ0) is 15.5. The molecule has 1 rings (SSSR count). The third kappa shape index (κ3) is 5.25. The molecule has 0 saturated carbocycles. The van der Waals surface area contributed by atoms with Gasteiger partial charge < -0.3 is 5.11 Å². The Hall–Kier alpha value is -0.880. The molecule has 20 heavy (non-hydrogen) atoms. The number of halogens is 2. The van der Waals surface area contributed by atoms with Gasteiger partial charge in [0.05, 0.1) is 5.56 Å². The number of hydrogen-bond acceptors (Lipinski definition) is 3. The maximum atomic E-state index is 13.4. The molecule has 1 aromatic carbocycles. The molecule has 1 aromatic rings. The summed E-state index contributed by atoms with van der Waals surface area (Å²) >= 11 is 4.08. The highest BCUT2D eigenvalue weighted by atomic mass is 79.9. The highest BCUT2D eigenvalue weighted by Crippen LogP contribution is 2.32. The van der Waals surface area contributed by atoms with Gasteiger partial charge in [-0.15, -0.1) is 0 Å². The zero-order valence-corrected chi connectivity index (χ0v) is 13.9. The van der Waals surface area contributed by atoms with Crippen LogP contribution in [0.15, 0.2) is 21.5 Å². The minimum Gasteiger partial charge on any atom is -0.478 e. The summed E-state index contributed by atoms with van der Waals surface area (Å²) < 4.78 is 13.8. The lowest BCUT2D eigenvalue weighted by molar-refractivity contribution is -0.111. The summed E-state index contributed by atoms with van der Waals surface area (Å²) in [6.45, 7) is 6.13. The summed E-state index contributed by atoms with van der Waals surface area (Å²) in [4.78, 5) is 23.2. The summed E-state index contributed by atoms with van der Waals surface area (Å²) in [5.41, 5.74) is -0.373. The lowest BCUT2D eigenvalue weighted by Crippen LogP contribution is -2.07. The number of carboxylic acid groups (broad SMARTS) is 1. The number of carbonyl (C=O) groups excluding carboxylic acids is 1. The van der Waals surface area contributed by atoms with E-state index in [2.05, 4.69) is 15.9 Å². The number of aromatic carboxylic acids is 1. The number of carboxylic acids is 1. The zero-order valence-electron chi connectivity index (χ0n) is 11.5. The van der Waals surface area contributed by atoms with E-state index in [4.69, 9.17) is 5.11 Å². The molecule has 0 aliphatic heterocycles. The number of thioether (sulfide) groups is 1. The van der Waals surface area contributed by atoms with Crippen molar-refractivity contribution in [3.8, 4) is 0 Å². The van der Waals surface area contributed by atoms with Gasteiger partial charge in [0, 0.05) is 15.8 Å². The Morgan fingerprint density at radius 2 is 1.95 bits per heavy atom. The van der Waals surface area contributed by atoms with Crippen LogP contribution in [-0.4, -0.2) is 16.2 Å². The maximum absolute atomic E-state index is 13.4. The first kappa shape index (κ1) is 17.2. The topological polar surface area (TPSA) is 54.4 Å². The predicted molar refractivity (Wildman–Crippen MR) is 80.6 cm³/mol. The second-order valence-corrected chi connectivity index (χ2v) is 7.56. The molecule has 0 aliphatic rings. The van der Waals surface area contributed by atoms with Crippen LogP contribution < -0.4 is 0 Å². The average molecular weight is 363 g/mol. The van der Waals surface area contributed by atoms with E-state index in [0.29, 0.717) is 15.8 Å². The first-order valence-corrected chi connectivity index (χ1v) is 7.64. The monoisotopic (exact) mass is 362 g/mol. The van der Waals surface area contributed by atoms with Crippen molar-refractivity contribution in [2.24, 2.45) is 5.41 Å². The van der Waals surface area contributed by atoms with E-state index in [-0.39, 0.29) is 10.5 Å². The second-order valence-electron chi connectivity index (χ2n) is 5.60. The summed E-state index contributed by atoms with van der Waals surface area (Å²) in [5, 5.41) is 8.81. The highest BCUT2D eigenvalue weighted by molar-refractivity contribution is 9.10. The van der Waals surface area contributed by atoms with Gasteiger partial charge in [-0.25, -0.2) is 9.18 Å². The van der Waals surface area contributed by atoms with Crippen molar-refractivity contribution < 1.29 is 19.1 Å². The van der Waals surface area contributed by atoms with Crippen LogP contribution in [0, 0.1) is 11.2 Å². The van der Waals surface area contributed by atoms with Crippen LogP contribution in [0.3, 0.4) is 0 Å². The van der Waals surface area contributed by atoms with Gasteiger partial charge in [0.1, 0.15) is 5.82 Å². The fourth-order valence-electron chi connectivity index (χ4n) is 1.42. The molecule has 1 N–H and O–H groups in total. The SMILES string of the molecule is CC(C)(C)CCC(=O)Sc1cc(C(=O)O)c(F)cc1Br. The summed E-state index contributed by atoms with van der Waals surface area (Å²) in [6, 6.07) is 2.25. The lowest BCUT2D eigenvalue weighted by atomic mass is 9.91. The van der Waals surface area contributed by atoms with Gasteiger partial charge in [-0.2, -0.15) is 0 Å². The van der Waals surface area contributed by atoms with E-state index in [1.807, 2.05) is 20.8 Å². The van der Waals surface area contributed by atoms with Gasteiger partial charge in [0.15, 0.2) is 5.12 Å². The Balaban J connectivity index is 2.85. The summed E-state index contributed by atoms with van der Waals surface area (Å²) in [5.74, 6) is -2.17. The van der Waals surface area contributed by atoms with Gasteiger partial charge in [-0.1, -0.05) is 32.5 Å². The van der Waals surface area contributed by atoms with Crippen molar-refractivity contribution >= 4 is 38.8 Å². The molecule has 3 nitrogen and oxygen atoms in total. The number of hydrogen-bond donors (Lipinski definition) is 1. The molecule has 0 aliphatic carbocycles. The molecule has 0 bridgehead atoms. The largest absolute Gasteiger partial charge is 0.478 e. The molecule has 0 radical (unpaired) electrons. The van der Waals surface area contributed by atoms with Crippen LogP contribution in [0.2, 0.25) is 0 Å². The maximum Gasteiger partial charge on any atom is 0.338 e. The van der Waals surface area contributed by atoms with E-state index in [9.17, 15) is 14.0 Å². The third-order valence-electron chi connectivity index (χ3n) is 2.55. The van der Waals surface area contributed by atoms with E-state index < -0.39 is 17.3 Å². The first-order valence-electron chi connectivity index (χ1n) is 6.03. The Morgan fingerprint density at radius 1 is 1.35 bits per heavy atom. The quantitative estimate of drug-likeness (QED) is 0.786. The van der Waals surface area contributed by atoms with Crippen molar-refractivity contribution in [3.05, 3.63) is 28.0 Å². The molecule has 0 saturated heterocycles. The molecule has 0 amide bonds. The van der Waals surface area contributed by atoms with Gasteiger partial charge in [0.2, 0.25) is 0 Å². The molecule has 0 aromatic heterocycles. The summed E-state index contributed by atoms with van der Waals surface area (Å²) in [6.07, 6.45) is 1.13. The van der Waals surface area contributed by atoms with Crippen LogP contribution >= 0.6 is 27.7 Å². The molecular formula is C14H16BrFO3S. The van der Waals surface area contributed by atoms with Crippen molar-refractivity contribution in [1.29, 1.82) is 0 Å². The van der Waals surface area contributed by atoms with Gasteiger partial charge >= 0.3 is 5.97 Å². The molecule has 0 heterocycles. The van der Waals surface area contributed by atoms with Crippen LogP contribution in [-0.2, 0) is 4.79 Å². The minimum atomic E-state index is -1.35. The van der Waals surface area contributed by atoms with Crippen molar-refractivity contribution in [2.45, 2.75) is 38.5 Å². The Morgan fingerprint density at radius 3 is 2.45 bits per heavy atom. The highest BCUT2D eigenvalue weighted by Gasteiger charge is 2.18. The fraction of sp³-hybridized carbons (Fsp3) is 0.429. The number of carbonyl (C=O) groups is 2.